The normalized spacial score (nSPS) is 11.3. The zero-order chi connectivity index (χ0) is 21.0. The van der Waals surface area contributed by atoms with E-state index >= 15 is 0 Å². The van der Waals surface area contributed by atoms with Gasteiger partial charge in [-0.3, -0.25) is 14.7 Å². The summed E-state index contributed by atoms with van der Waals surface area (Å²) in [6, 6.07) is 11.7. The third-order valence-electron chi connectivity index (χ3n) is 4.38. The van der Waals surface area contributed by atoms with Crippen molar-refractivity contribution in [2.24, 2.45) is 0 Å². The van der Waals surface area contributed by atoms with Gasteiger partial charge >= 0.3 is 6.18 Å². The average Bonchev–Trinajstić information content (AvgIpc) is 3.19. The molecule has 152 valence electrons. The molecule has 0 aliphatic carbocycles. The van der Waals surface area contributed by atoms with E-state index in [1.54, 1.807) is 30.5 Å². The van der Waals surface area contributed by atoms with Crippen molar-refractivity contribution in [2.75, 3.05) is 19.5 Å². The van der Waals surface area contributed by atoms with E-state index in [0.29, 0.717) is 23.4 Å². The number of aromatic amines is 1. The Kier molecular flexibility index (Phi) is 5.88. The van der Waals surface area contributed by atoms with Crippen LogP contribution in [0.4, 0.5) is 18.9 Å². The zero-order valence-corrected chi connectivity index (χ0v) is 15.7. The molecule has 0 atom stereocenters. The molecule has 0 fully saturated rings. The molecule has 9 heteroatoms. The van der Waals surface area contributed by atoms with Crippen LogP contribution < -0.4 is 5.32 Å². The average molecular weight is 404 g/mol. The minimum absolute atomic E-state index is 0.265. The summed E-state index contributed by atoms with van der Waals surface area (Å²) in [7, 11) is 2.93. The molecule has 2 aromatic carbocycles. The third kappa shape index (κ3) is 4.75. The highest BCUT2D eigenvalue weighted by Crippen LogP contribution is 2.31. The van der Waals surface area contributed by atoms with Crippen molar-refractivity contribution in [3.05, 3.63) is 71.4 Å². The molecule has 1 amide bonds. The fourth-order valence-electron chi connectivity index (χ4n) is 2.71. The smallest absolute Gasteiger partial charge is 0.381 e. The maximum absolute atomic E-state index is 12.7. The molecule has 6 nitrogen and oxygen atoms in total. The maximum atomic E-state index is 12.7. The van der Waals surface area contributed by atoms with Gasteiger partial charge in [-0.1, -0.05) is 12.1 Å². The van der Waals surface area contributed by atoms with Crippen LogP contribution in [0.25, 0.3) is 11.3 Å². The van der Waals surface area contributed by atoms with Gasteiger partial charge in [0.25, 0.3) is 5.91 Å². The van der Waals surface area contributed by atoms with Crippen LogP contribution in [0.1, 0.15) is 21.5 Å². The fraction of sp³-hybridized carbons (Fsp3) is 0.200. The van der Waals surface area contributed by atoms with Crippen LogP contribution in [0.3, 0.4) is 0 Å². The molecular weight excluding hydrogens is 385 g/mol. The van der Waals surface area contributed by atoms with Gasteiger partial charge < -0.3 is 5.32 Å². The number of anilines is 1. The number of amides is 1. The summed E-state index contributed by atoms with van der Waals surface area (Å²) in [5.41, 5.74) is 2.50. The number of nitrogens with zero attached hydrogens (tertiary/aromatic N) is 2. The number of hydroxylamine groups is 2. The Morgan fingerprint density at radius 3 is 2.38 bits per heavy atom. The summed E-state index contributed by atoms with van der Waals surface area (Å²) in [6.45, 7) is 0.401. The number of benzene rings is 2. The van der Waals surface area contributed by atoms with Crippen LogP contribution in [-0.2, 0) is 17.6 Å². The largest absolute Gasteiger partial charge is 0.416 e. The molecular formula is C20H19F3N4O2. The van der Waals surface area contributed by atoms with E-state index in [4.69, 9.17) is 4.84 Å². The van der Waals surface area contributed by atoms with E-state index in [1.165, 1.54) is 26.3 Å². The van der Waals surface area contributed by atoms with Gasteiger partial charge in [0.15, 0.2) is 0 Å². The van der Waals surface area contributed by atoms with Gasteiger partial charge in [0, 0.05) is 42.2 Å². The van der Waals surface area contributed by atoms with Gasteiger partial charge in [-0.2, -0.15) is 18.3 Å². The number of nitrogens with one attached hydrogen (secondary N) is 2. The van der Waals surface area contributed by atoms with Crippen LogP contribution >= 0.6 is 0 Å². The second-order valence-corrected chi connectivity index (χ2v) is 6.25. The Labute approximate surface area is 165 Å². The highest BCUT2D eigenvalue weighted by atomic mass is 19.4. The second-order valence-electron chi connectivity index (χ2n) is 6.25. The van der Waals surface area contributed by atoms with Gasteiger partial charge in [-0.05, 0) is 36.4 Å². The minimum atomic E-state index is -4.37. The minimum Gasteiger partial charge on any atom is -0.381 e. The van der Waals surface area contributed by atoms with Crippen molar-refractivity contribution < 1.29 is 22.8 Å². The standard InChI is InChI=1S/C20H19F3N4O2/c1-27(29-2)19(28)14-5-9-17(10-6-14)24-11-15-12-25-26-18(15)13-3-7-16(8-4-13)20(21,22)23/h3-10,12,24H,11H2,1-2H3,(H,25,26). The first kappa shape index (κ1) is 20.4. The Morgan fingerprint density at radius 1 is 1.14 bits per heavy atom. The van der Waals surface area contributed by atoms with E-state index in [9.17, 15) is 18.0 Å². The lowest BCUT2D eigenvalue weighted by molar-refractivity contribution is -0.137. The molecule has 2 N–H and O–H groups in total. The second kappa shape index (κ2) is 8.36. The van der Waals surface area contributed by atoms with Crippen LogP contribution in [0.15, 0.2) is 54.7 Å². The number of hydrogen-bond donors (Lipinski definition) is 2. The fourth-order valence-corrected chi connectivity index (χ4v) is 2.71. The van der Waals surface area contributed by atoms with E-state index in [1.807, 2.05) is 0 Å². The molecule has 0 saturated heterocycles. The van der Waals surface area contributed by atoms with E-state index in [2.05, 4.69) is 15.5 Å². The highest BCUT2D eigenvalue weighted by molar-refractivity contribution is 5.93. The predicted octanol–water partition coefficient (Wildman–Crippen LogP) is 4.34. The lowest BCUT2D eigenvalue weighted by Gasteiger charge is -2.14. The van der Waals surface area contributed by atoms with Gasteiger partial charge in [0.05, 0.1) is 18.4 Å². The van der Waals surface area contributed by atoms with Gasteiger partial charge in [0.1, 0.15) is 0 Å². The summed E-state index contributed by atoms with van der Waals surface area (Å²) in [6.07, 6.45) is -2.69. The third-order valence-corrected chi connectivity index (χ3v) is 4.38. The Morgan fingerprint density at radius 2 is 1.79 bits per heavy atom. The number of H-pyrrole nitrogens is 1. The van der Waals surface area contributed by atoms with Crippen LogP contribution in [0, 0.1) is 0 Å². The SMILES string of the molecule is CON(C)C(=O)c1ccc(NCc2c[nH]nc2-c2ccc(C(F)(F)F)cc2)cc1. The predicted molar refractivity (Wildman–Crippen MR) is 102 cm³/mol. The monoisotopic (exact) mass is 404 g/mol. The molecule has 0 spiro atoms. The number of hydrogen-bond acceptors (Lipinski definition) is 4. The van der Waals surface area contributed by atoms with Crippen molar-refractivity contribution in [2.45, 2.75) is 12.7 Å². The zero-order valence-electron chi connectivity index (χ0n) is 15.7. The number of carbonyl (C=O) groups is 1. The molecule has 0 unspecified atom stereocenters. The summed E-state index contributed by atoms with van der Waals surface area (Å²) in [4.78, 5) is 16.9. The molecule has 0 aliphatic heterocycles. The highest BCUT2D eigenvalue weighted by Gasteiger charge is 2.30. The first-order chi connectivity index (χ1) is 13.8. The van der Waals surface area contributed by atoms with Crippen LogP contribution in [-0.4, -0.2) is 35.3 Å². The Bertz CT molecular complexity index is 967. The van der Waals surface area contributed by atoms with Crippen molar-refractivity contribution in [3.63, 3.8) is 0 Å². The lowest BCUT2D eigenvalue weighted by Crippen LogP contribution is -2.25. The lowest BCUT2D eigenvalue weighted by atomic mass is 10.1. The molecule has 3 aromatic rings. The molecule has 29 heavy (non-hydrogen) atoms. The molecule has 1 aromatic heterocycles. The van der Waals surface area contributed by atoms with Crippen LogP contribution in [0.5, 0.6) is 0 Å². The van der Waals surface area contributed by atoms with Crippen molar-refractivity contribution in [1.82, 2.24) is 15.3 Å². The number of carbonyl (C=O) groups excluding carboxylic acids is 1. The summed E-state index contributed by atoms with van der Waals surface area (Å²) < 4.78 is 38.2. The molecule has 1 heterocycles. The summed E-state index contributed by atoms with van der Waals surface area (Å²) in [5.74, 6) is -0.265. The Hall–Kier alpha value is -3.33. The molecule has 0 bridgehead atoms. The first-order valence-electron chi connectivity index (χ1n) is 8.66. The Balaban J connectivity index is 1.69. The first-order valence-corrected chi connectivity index (χ1v) is 8.66. The number of halogens is 3. The summed E-state index contributed by atoms with van der Waals surface area (Å²) in [5, 5.41) is 11.2. The molecule has 3 rings (SSSR count). The van der Waals surface area contributed by atoms with E-state index < -0.39 is 11.7 Å². The number of aromatic nitrogens is 2. The number of rotatable bonds is 6. The molecule has 0 radical (unpaired) electrons. The van der Waals surface area contributed by atoms with Crippen molar-refractivity contribution in [3.8, 4) is 11.3 Å². The topological polar surface area (TPSA) is 70.2 Å². The van der Waals surface area contributed by atoms with Gasteiger partial charge in [0.2, 0.25) is 0 Å². The van der Waals surface area contributed by atoms with Gasteiger partial charge in [-0.15, -0.1) is 0 Å². The maximum Gasteiger partial charge on any atom is 0.416 e. The van der Waals surface area contributed by atoms with E-state index in [-0.39, 0.29) is 5.91 Å². The number of alkyl halides is 3. The van der Waals surface area contributed by atoms with E-state index in [0.717, 1.165) is 28.4 Å². The van der Waals surface area contributed by atoms with Gasteiger partial charge in [-0.25, -0.2) is 5.06 Å². The summed E-state index contributed by atoms with van der Waals surface area (Å²) >= 11 is 0. The van der Waals surface area contributed by atoms with Crippen molar-refractivity contribution in [1.29, 1.82) is 0 Å². The van der Waals surface area contributed by atoms with Crippen LogP contribution in [0.2, 0.25) is 0 Å². The van der Waals surface area contributed by atoms with Crippen molar-refractivity contribution >= 4 is 11.6 Å². The molecule has 0 saturated carbocycles. The quantitative estimate of drug-likeness (QED) is 0.600. The molecule has 0 aliphatic rings.